The molecule has 1 saturated heterocycles. The molecule has 1 aromatic heterocycles. The molecule has 0 bridgehead atoms. The summed E-state index contributed by atoms with van der Waals surface area (Å²) < 4.78 is 5.21. The number of ether oxygens (including phenoxy) is 1. The largest absolute Gasteiger partial charge is 0.380 e. The minimum absolute atomic E-state index is 0.100. The van der Waals surface area contributed by atoms with Crippen molar-refractivity contribution in [1.29, 1.82) is 0 Å². The number of carbonyl (C=O) groups is 1. The van der Waals surface area contributed by atoms with E-state index in [1.54, 1.807) is 13.3 Å². The van der Waals surface area contributed by atoms with Crippen LogP contribution in [0.5, 0.6) is 0 Å². The van der Waals surface area contributed by atoms with E-state index >= 15 is 0 Å². The van der Waals surface area contributed by atoms with Gasteiger partial charge in [-0.3, -0.25) is 9.78 Å². The van der Waals surface area contributed by atoms with E-state index in [2.05, 4.69) is 9.88 Å². The third kappa shape index (κ3) is 4.03. The summed E-state index contributed by atoms with van der Waals surface area (Å²) in [7, 11) is 1.59. The van der Waals surface area contributed by atoms with Crippen molar-refractivity contribution in [2.24, 2.45) is 5.73 Å². The summed E-state index contributed by atoms with van der Waals surface area (Å²) in [6.45, 7) is 3.31. The van der Waals surface area contributed by atoms with Gasteiger partial charge in [0.1, 0.15) is 0 Å². The second-order valence-electron chi connectivity index (χ2n) is 6.16. The molecule has 1 fully saturated rings. The number of anilines is 1. The van der Waals surface area contributed by atoms with Crippen molar-refractivity contribution < 1.29 is 9.53 Å². The average molecular weight is 363 g/mol. The Morgan fingerprint density at radius 1 is 1.32 bits per heavy atom. The number of rotatable bonds is 5. The lowest BCUT2D eigenvalue weighted by molar-refractivity contribution is -0.133. The normalized spacial score (nSPS) is 16.3. The van der Waals surface area contributed by atoms with Crippen molar-refractivity contribution in [2.45, 2.75) is 12.5 Å². The molecule has 0 spiro atoms. The molecule has 134 valence electrons. The molecule has 2 heterocycles. The Kier molecular flexibility index (Phi) is 5.73. The lowest BCUT2D eigenvalue weighted by atomic mass is 10.1. The van der Waals surface area contributed by atoms with E-state index in [0.717, 1.165) is 29.7 Å². The molecular weight excluding hydrogens is 340 g/mol. The second-order valence-corrected chi connectivity index (χ2v) is 6.59. The fourth-order valence-corrected chi connectivity index (χ4v) is 3.33. The van der Waals surface area contributed by atoms with Gasteiger partial charge in [-0.05, 0) is 24.3 Å². The number of carbonyl (C=O) groups excluding carboxylic acids is 1. The lowest BCUT2D eigenvalue weighted by Gasteiger charge is -2.37. The number of piperazine rings is 1. The molecule has 1 aliphatic rings. The number of hydrogen-bond donors (Lipinski definition) is 1. The molecule has 6 nitrogen and oxygen atoms in total. The summed E-state index contributed by atoms with van der Waals surface area (Å²) in [6, 6.07) is 7.77. The van der Waals surface area contributed by atoms with Gasteiger partial charge in [-0.25, -0.2) is 0 Å². The Balaban J connectivity index is 1.68. The quantitative estimate of drug-likeness (QED) is 0.879. The van der Waals surface area contributed by atoms with Crippen LogP contribution in [0.15, 0.2) is 30.5 Å². The lowest BCUT2D eigenvalue weighted by Crippen LogP contribution is -2.49. The van der Waals surface area contributed by atoms with E-state index in [4.69, 9.17) is 22.1 Å². The molecule has 1 unspecified atom stereocenters. The first-order chi connectivity index (χ1) is 12.1. The molecule has 2 N–H and O–H groups in total. The van der Waals surface area contributed by atoms with E-state index in [9.17, 15) is 4.79 Å². The zero-order valence-corrected chi connectivity index (χ0v) is 15.1. The van der Waals surface area contributed by atoms with Crippen LogP contribution in [0.4, 0.5) is 5.69 Å². The number of methoxy groups -OCH3 is 1. The van der Waals surface area contributed by atoms with Crippen molar-refractivity contribution >= 4 is 34.1 Å². The fourth-order valence-electron chi connectivity index (χ4n) is 3.17. The van der Waals surface area contributed by atoms with E-state index in [0.29, 0.717) is 31.1 Å². The van der Waals surface area contributed by atoms with Crippen molar-refractivity contribution in [1.82, 2.24) is 9.88 Å². The number of hydrogen-bond acceptors (Lipinski definition) is 5. The highest BCUT2D eigenvalue weighted by Crippen LogP contribution is 2.28. The van der Waals surface area contributed by atoms with Crippen LogP contribution in [0.3, 0.4) is 0 Å². The maximum atomic E-state index is 12.4. The van der Waals surface area contributed by atoms with Crippen LogP contribution in [-0.2, 0) is 9.53 Å². The molecule has 25 heavy (non-hydrogen) atoms. The minimum atomic E-state index is -0.209. The number of aromatic nitrogens is 1. The highest BCUT2D eigenvalue weighted by atomic mass is 35.5. The number of benzene rings is 1. The van der Waals surface area contributed by atoms with Crippen molar-refractivity contribution in [3.63, 3.8) is 0 Å². The monoisotopic (exact) mass is 362 g/mol. The average Bonchev–Trinajstić information content (AvgIpc) is 2.65. The van der Waals surface area contributed by atoms with Crippen LogP contribution in [0.25, 0.3) is 10.9 Å². The fraction of sp³-hybridized carbons (Fsp3) is 0.444. The standard InChI is InChI=1S/C18H23ClN4O2/c1-25-14(12-20)11-18(24)23-8-6-22(7-9-23)17-4-5-21-16-10-13(19)2-3-15(16)17/h2-5,10,14H,6-9,11-12,20H2,1H3. The Bertz CT molecular complexity index is 743. The minimum Gasteiger partial charge on any atom is -0.380 e. The summed E-state index contributed by atoms with van der Waals surface area (Å²) in [5.41, 5.74) is 7.62. The molecule has 1 aliphatic heterocycles. The molecule has 7 heteroatoms. The van der Waals surface area contributed by atoms with Crippen molar-refractivity contribution in [2.75, 3.05) is 44.7 Å². The first-order valence-electron chi connectivity index (χ1n) is 8.42. The first-order valence-corrected chi connectivity index (χ1v) is 8.80. The number of halogens is 1. The maximum absolute atomic E-state index is 12.4. The third-order valence-corrected chi connectivity index (χ3v) is 4.89. The first kappa shape index (κ1) is 17.9. The number of fused-ring (bicyclic) bond motifs is 1. The summed E-state index contributed by atoms with van der Waals surface area (Å²) in [5, 5.41) is 1.76. The SMILES string of the molecule is COC(CN)CC(=O)N1CCN(c2ccnc3cc(Cl)ccc23)CC1. The molecule has 1 amide bonds. The summed E-state index contributed by atoms with van der Waals surface area (Å²) in [4.78, 5) is 20.9. The second kappa shape index (κ2) is 7.99. The smallest absolute Gasteiger partial charge is 0.225 e. The van der Waals surface area contributed by atoms with Crippen LogP contribution in [-0.4, -0.2) is 61.7 Å². The van der Waals surface area contributed by atoms with E-state index in [1.807, 2.05) is 29.2 Å². The topological polar surface area (TPSA) is 71.7 Å². The zero-order chi connectivity index (χ0) is 17.8. The molecule has 3 rings (SSSR count). The number of nitrogens with zero attached hydrogens (tertiary/aromatic N) is 3. The molecule has 2 aromatic rings. The molecule has 0 radical (unpaired) electrons. The summed E-state index contributed by atoms with van der Waals surface area (Å²) in [5.74, 6) is 0.100. The van der Waals surface area contributed by atoms with Gasteiger partial charge in [-0.15, -0.1) is 0 Å². The molecule has 0 aliphatic carbocycles. The molecule has 1 atom stereocenters. The number of pyridine rings is 1. The van der Waals surface area contributed by atoms with Gasteiger partial charge in [0, 0.05) is 62.1 Å². The predicted octanol–water partition coefficient (Wildman–Crippen LogP) is 1.90. The predicted molar refractivity (Wildman–Crippen MR) is 100 cm³/mol. The van der Waals surface area contributed by atoms with Crippen LogP contribution in [0.1, 0.15) is 6.42 Å². The van der Waals surface area contributed by atoms with Crippen molar-refractivity contribution in [3.8, 4) is 0 Å². The van der Waals surface area contributed by atoms with E-state index in [-0.39, 0.29) is 12.0 Å². The Morgan fingerprint density at radius 3 is 2.76 bits per heavy atom. The van der Waals surface area contributed by atoms with Gasteiger partial charge < -0.3 is 20.3 Å². The molecule has 1 aromatic carbocycles. The van der Waals surface area contributed by atoms with E-state index in [1.165, 1.54) is 0 Å². The van der Waals surface area contributed by atoms with Gasteiger partial charge >= 0.3 is 0 Å². The zero-order valence-electron chi connectivity index (χ0n) is 14.3. The summed E-state index contributed by atoms with van der Waals surface area (Å²) in [6.07, 6.45) is 1.93. The summed E-state index contributed by atoms with van der Waals surface area (Å²) >= 11 is 6.06. The van der Waals surface area contributed by atoms with Crippen LogP contribution < -0.4 is 10.6 Å². The van der Waals surface area contributed by atoms with Gasteiger partial charge in [0.25, 0.3) is 0 Å². The highest BCUT2D eigenvalue weighted by molar-refractivity contribution is 6.31. The van der Waals surface area contributed by atoms with Crippen LogP contribution >= 0.6 is 11.6 Å². The van der Waals surface area contributed by atoms with Gasteiger partial charge in [-0.2, -0.15) is 0 Å². The highest BCUT2D eigenvalue weighted by Gasteiger charge is 2.24. The van der Waals surface area contributed by atoms with Crippen LogP contribution in [0, 0.1) is 0 Å². The van der Waals surface area contributed by atoms with Gasteiger partial charge in [-0.1, -0.05) is 11.6 Å². The van der Waals surface area contributed by atoms with E-state index < -0.39 is 0 Å². The Hall–Kier alpha value is -1.89. The van der Waals surface area contributed by atoms with Gasteiger partial charge in [0.2, 0.25) is 5.91 Å². The van der Waals surface area contributed by atoms with Crippen molar-refractivity contribution in [3.05, 3.63) is 35.5 Å². The van der Waals surface area contributed by atoms with Gasteiger partial charge in [0.05, 0.1) is 18.0 Å². The van der Waals surface area contributed by atoms with Gasteiger partial charge in [0.15, 0.2) is 0 Å². The maximum Gasteiger partial charge on any atom is 0.225 e. The Labute approximate surface area is 152 Å². The molecular formula is C18H23ClN4O2. The third-order valence-electron chi connectivity index (χ3n) is 4.65. The Morgan fingerprint density at radius 2 is 2.08 bits per heavy atom. The molecule has 0 saturated carbocycles. The number of nitrogens with two attached hydrogens (primary N) is 1. The van der Waals surface area contributed by atoms with Crippen LogP contribution in [0.2, 0.25) is 5.02 Å². The number of amides is 1.